The van der Waals surface area contributed by atoms with Crippen molar-refractivity contribution in [1.82, 2.24) is 0 Å². The first-order chi connectivity index (χ1) is 4.30. The monoisotopic (exact) mass is 273 g/mol. The average Bonchev–Trinajstić information content (AvgIpc) is 2.23. The Labute approximate surface area is 109 Å². The summed E-state index contributed by atoms with van der Waals surface area (Å²) in [4.78, 5) is 0. The fraction of sp³-hybridized carbons (Fsp3) is 0.222. The topological polar surface area (TPSA) is 0 Å². The second kappa shape index (κ2) is 18.6. The molecular formula is C9H19Cl2SiTi-3. The number of rotatable bonds is 0. The molecule has 0 nitrogen and oxygen atoms in total. The van der Waals surface area contributed by atoms with E-state index in [1.54, 1.807) is 0 Å². The van der Waals surface area contributed by atoms with Crippen molar-refractivity contribution in [3.8, 4) is 0 Å². The van der Waals surface area contributed by atoms with Crippen LogP contribution in [-0.2, 0) is 19.2 Å². The van der Waals surface area contributed by atoms with E-state index in [1.165, 1.54) is 11.1 Å². The number of aryl methyl sites for hydroxylation is 2. The molecule has 0 aliphatic rings. The standard InChI is InChI=1S/C7H9.2CH3.2ClH.H2Si.Ti/c1-6-4-3-5-7(6)2;;;;;;/h3-5H,1-2H3;2*1H3;2*1H;1H2;/q3*-1;;;;. The van der Waals surface area contributed by atoms with E-state index >= 15 is 0 Å². The molecule has 0 fully saturated rings. The van der Waals surface area contributed by atoms with Gasteiger partial charge >= 0.3 is 26.8 Å². The molecule has 0 aliphatic heterocycles. The summed E-state index contributed by atoms with van der Waals surface area (Å²) < 4.78 is 0. The summed E-state index contributed by atoms with van der Waals surface area (Å²) in [7, 11) is 1.86. The summed E-state index contributed by atoms with van der Waals surface area (Å²) in [5.41, 5.74) is 2.78. The van der Waals surface area contributed by atoms with Gasteiger partial charge in [0.15, 0.2) is 0 Å². The van der Waals surface area contributed by atoms with Gasteiger partial charge in [-0.2, -0.15) is 17.2 Å². The second-order valence-corrected chi connectivity index (χ2v) is 1.89. The van der Waals surface area contributed by atoms with Crippen molar-refractivity contribution in [3.63, 3.8) is 0 Å². The van der Waals surface area contributed by atoms with Crippen LogP contribution in [0.4, 0.5) is 0 Å². The van der Waals surface area contributed by atoms with E-state index in [-0.39, 0.29) is 39.7 Å². The summed E-state index contributed by atoms with van der Waals surface area (Å²) in [6.45, 7) is 4.24. The quantitative estimate of drug-likeness (QED) is 0.504. The van der Waals surface area contributed by atoms with Gasteiger partial charge in [-0.3, -0.25) is 0 Å². The average molecular weight is 274 g/mol. The van der Waals surface area contributed by atoms with Crippen molar-refractivity contribution in [2.45, 2.75) is 13.8 Å². The molecule has 0 atom stereocenters. The van der Waals surface area contributed by atoms with Gasteiger partial charge in [0.05, 0.1) is 0 Å². The Morgan fingerprint density at radius 1 is 1.23 bits per heavy atom. The molecule has 0 amide bonds. The van der Waals surface area contributed by atoms with E-state index in [0.29, 0.717) is 0 Å². The Morgan fingerprint density at radius 3 is 1.69 bits per heavy atom. The molecule has 0 unspecified atom stereocenters. The maximum atomic E-state index is 2.12. The van der Waals surface area contributed by atoms with E-state index in [1.807, 2.05) is 26.8 Å². The number of hydrogen-bond acceptors (Lipinski definition) is 0. The molecule has 0 heterocycles. The van der Waals surface area contributed by atoms with E-state index in [0.717, 1.165) is 0 Å². The summed E-state index contributed by atoms with van der Waals surface area (Å²) in [6.07, 6.45) is 0. The Kier molecular flexibility index (Phi) is 41.8. The van der Waals surface area contributed by atoms with Crippen molar-refractivity contribution < 1.29 is 19.2 Å². The zero-order valence-corrected chi connectivity index (χ0v) is 13.4. The Balaban J connectivity index is -0.0000000335. The van der Waals surface area contributed by atoms with Crippen LogP contribution < -0.4 is 0 Å². The number of hydrogen-bond donors (Lipinski definition) is 0. The molecular weight excluding hydrogens is 255 g/mol. The van der Waals surface area contributed by atoms with Crippen molar-refractivity contribution in [1.29, 1.82) is 0 Å². The third-order valence-corrected chi connectivity index (χ3v) is 1.31. The van der Waals surface area contributed by atoms with Crippen LogP contribution in [-0.4, -0.2) is 7.63 Å². The Morgan fingerprint density at radius 2 is 1.62 bits per heavy atom. The first-order valence-corrected chi connectivity index (χ1v) is 6.87. The van der Waals surface area contributed by atoms with Gasteiger partial charge in [-0.25, -0.2) is 12.1 Å². The van der Waals surface area contributed by atoms with Crippen LogP contribution in [0.2, 0.25) is 0 Å². The van der Waals surface area contributed by atoms with Crippen LogP contribution in [0.25, 0.3) is 0 Å². The molecule has 13 heavy (non-hydrogen) atoms. The molecule has 0 saturated heterocycles. The molecule has 0 aromatic heterocycles. The Hall–Kier alpha value is 0.861. The third-order valence-electron chi connectivity index (χ3n) is 1.31. The van der Waals surface area contributed by atoms with Gasteiger partial charge in [-0.1, -0.05) is 13.8 Å². The molecule has 0 saturated carbocycles. The van der Waals surface area contributed by atoms with Crippen LogP contribution in [0, 0.1) is 28.7 Å². The molecule has 80 valence electrons. The molecule has 1 rings (SSSR count). The van der Waals surface area contributed by atoms with E-state index in [9.17, 15) is 0 Å². The molecule has 4 heteroatoms. The zero-order valence-electron chi connectivity index (χ0n) is 8.76. The SMILES string of the molecule is Cc1ccc[c-]1C.Cl.Cl.[CH3-].[CH3-].[SiH2]=[Ti]. The fourth-order valence-corrected chi connectivity index (χ4v) is 0.600. The molecule has 1 aromatic carbocycles. The second-order valence-electron chi connectivity index (χ2n) is 1.89. The van der Waals surface area contributed by atoms with Gasteiger partial charge in [0.2, 0.25) is 0 Å². The van der Waals surface area contributed by atoms with E-state index in [4.69, 9.17) is 0 Å². The molecule has 0 N–H and O–H groups in total. The van der Waals surface area contributed by atoms with Crippen LogP contribution in [0.3, 0.4) is 0 Å². The zero-order chi connectivity index (χ0) is 7.28. The van der Waals surface area contributed by atoms with Gasteiger partial charge < -0.3 is 14.9 Å². The minimum absolute atomic E-state index is 0. The molecule has 0 bridgehead atoms. The van der Waals surface area contributed by atoms with Gasteiger partial charge in [-0.05, 0) is 0 Å². The molecule has 0 radical (unpaired) electrons. The summed E-state index contributed by atoms with van der Waals surface area (Å²) in [5, 5.41) is 0. The van der Waals surface area contributed by atoms with Gasteiger partial charge in [0.25, 0.3) is 0 Å². The van der Waals surface area contributed by atoms with Crippen LogP contribution in [0.5, 0.6) is 0 Å². The van der Waals surface area contributed by atoms with Gasteiger partial charge in [0.1, 0.15) is 0 Å². The minimum atomic E-state index is 0. The van der Waals surface area contributed by atoms with Crippen LogP contribution >= 0.6 is 24.8 Å². The van der Waals surface area contributed by atoms with E-state index in [2.05, 4.69) is 32.0 Å². The van der Waals surface area contributed by atoms with E-state index < -0.39 is 0 Å². The van der Waals surface area contributed by atoms with Crippen LogP contribution in [0.1, 0.15) is 11.1 Å². The first kappa shape index (κ1) is 29.2. The van der Waals surface area contributed by atoms with Crippen molar-refractivity contribution in [2.24, 2.45) is 0 Å². The van der Waals surface area contributed by atoms with Gasteiger partial charge in [0, 0.05) is 0 Å². The molecule has 0 aliphatic carbocycles. The predicted octanol–water partition coefficient (Wildman–Crippen LogP) is 2.85. The van der Waals surface area contributed by atoms with Gasteiger partial charge in [-0.15, -0.1) is 24.8 Å². The number of halogens is 2. The normalized spacial score (nSPS) is 5.31. The Bertz CT molecular complexity index is 161. The maximum absolute atomic E-state index is 2.12. The first-order valence-electron chi connectivity index (χ1n) is 2.85. The molecule has 0 spiro atoms. The van der Waals surface area contributed by atoms with Crippen molar-refractivity contribution >= 4 is 32.4 Å². The summed E-state index contributed by atoms with van der Waals surface area (Å²) >= 11 is 2.03. The molecule has 1 aromatic rings. The predicted molar refractivity (Wildman–Crippen MR) is 67.4 cm³/mol. The van der Waals surface area contributed by atoms with Crippen molar-refractivity contribution in [3.05, 3.63) is 44.2 Å². The van der Waals surface area contributed by atoms with Crippen LogP contribution in [0.15, 0.2) is 18.2 Å². The summed E-state index contributed by atoms with van der Waals surface area (Å²) in [5.74, 6) is 0. The summed E-state index contributed by atoms with van der Waals surface area (Å²) in [6, 6.07) is 6.31. The van der Waals surface area contributed by atoms with Crippen molar-refractivity contribution in [2.75, 3.05) is 0 Å². The fourth-order valence-electron chi connectivity index (χ4n) is 0.600. The third kappa shape index (κ3) is 12.9.